The van der Waals surface area contributed by atoms with Gasteiger partial charge in [-0.15, -0.1) is 0 Å². The largest absolute Gasteiger partial charge is 0.339 e. The molecule has 3 rings (SSSR count). The van der Waals surface area contributed by atoms with Gasteiger partial charge in [0, 0.05) is 30.5 Å². The molecule has 2 saturated heterocycles. The van der Waals surface area contributed by atoms with Crippen molar-refractivity contribution >= 4 is 5.91 Å². The zero-order valence-corrected chi connectivity index (χ0v) is 22.8. The van der Waals surface area contributed by atoms with Crippen LogP contribution in [-0.2, 0) is 16.1 Å². The van der Waals surface area contributed by atoms with Gasteiger partial charge in [0.25, 0.3) is 5.91 Å². The third-order valence-corrected chi connectivity index (χ3v) is 7.68. The third kappa shape index (κ3) is 6.85. The van der Waals surface area contributed by atoms with E-state index in [-0.39, 0.29) is 17.0 Å². The summed E-state index contributed by atoms with van der Waals surface area (Å²) in [6.07, 6.45) is 14.0. The van der Waals surface area contributed by atoms with Gasteiger partial charge in [0.1, 0.15) is 5.72 Å². The van der Waals surface area contributed by atoms with Crippen molar-refractivity contribution in [2.75, 3.05) is 0 Å². The minimum absolute atomic E-state index is 0.154. The number of benzene rings is 1. The highest BCUT2D eigenvalue weighted by Crippen LogP contribution is 2.49. The summed E-state index contributed by atoms with van der Waals surface area (Å²) in [6.45, 7) is 13.8. The number of rotatable bonds is 12. The quantitative estimate of drug-likeness (QED) is 0.324. The maximum atomic E-state index is 14.1. The van der Waals surface area contributed by atoms with E-state index in [0.717, 1.165) is 12.8 Å². The van der Waals surface area contributed by atoms with Crippen LogP contribution in [0.3, 0.4) is 0 Å². The molecule has 192 valence electrons. The molecule has 2 fully saturated rings. The van der Waals surface area contributed by atoms with E-state index >= 15 is 0 Å². The van der Waals surface area contributed by atoms with Crippen LogP contribution in [-0.4, -0.2) is 33.2 Å². The molecule has 1 atom stereocenters. The van der Waals surface area contributed by atoms with Crippen LogP contribution in [0.1, 0.15) is 124 Å². The summed E-state index contributed by atoms with van der Waals surface area (Å²) in [5.74, 6) is 0.178. The van der Waals surface area contributed by atoms with Crippen molar-refractivity contribution in [2.45, 2.75) is 148 Å². The number of amides is 1. The number of hydrogen-bond acceptors (Lipinski definition) is 3. The van der Waals surface area contributed by atoms with Gasteiger partial charge in [-0.3, -0.25) is 4.79 Å². The Hall–Kier alpha value is -1.39. The Kier molecular flexibility index (Phi) is 8.90. The van der Waals surface area contributed by atoms with Crippen LogP contribution >= 0.6 is 0 Å². The molecule has 0 aliphatic carbocycles. The Bertz CT molecular complexity index is 772. The molecule has 1 amide bonds. The molecule has 0 bridgehead atoms. The summed E-state index contributed by atoms with van der Waals surface area (Å²) in [7, 11) is 0. The highest BCUT2D eigenvalue weighted by molar-refractivity contribution is 5.88. The number of ether oxygens (including phenoxy) is 1. The molecule has 4 nitrogen and oxygen atoms in total. The molecule has 1 aromatic rings. The van der Waals surface area contributed by atoms with E-state index in [1.165, 1.54) is 56.9 Å². The lowest BCUT2D eigenvalue weighted by atomic mass is 9.72. The van der Waals surface area contributed by atoms with Gasteiger partial charge in [-0.05, 0) is 53.0 Å². The van der Waals surface area contributed by atoms with E-state index in [2.05, 4.69) is 76.0 Å². The first-order valence-corrected chi connectivity index (χ1v) is 13.9. The lowest BCUT2D eigenvalue weighted by Crippen LogP contribution is -2.65. The molecule has 1 N–H and O–H groups in total. The van der Waals surface area contributed by atoms with Crippen molar-refractivity contribution < 1.29 is 9.53 Å². The van der Waals surface area contributed by atoms with Crippen LogP contribution in [0.4, 0.5) is 0 Å². The number of nitrogens with one attached hydrogen (secondary N) is 1. The molecule has 1 spiro atoms. The highest BCUT2D eigenvalue weighted by atomic mass is 16.6. The number of carbonyl (C=O) groups excluding carboxylic acids is 1. The van der Waals surface area contributed by atoms with E-state index < -0.39 is 11.3 Å². The first-order chi connectivity index (χ1) is 16.0. The van der Waals surface area contributed by atoms with Crippen molar-refractivity contribution in [3.63, 3.8) is 0 Å². The minimum Gasteiger partial charge on any atom is -0.339 e. The number of carbonyl (C=O) groups is 1. The Balaban J connectivity index is 1.69. The van der Waals surface area contributed by atoms with Gasteiger partial charge in [-0.2, -0.15) is 0 Å². The van der Waals surface area contributed by atoms with Crippen LogP contribution in [0.5, 0.6) is 0 Å². The van der Waals surface area contributed by atoms with Crippen LogP contribution in [0, 0.1) is 0 Å². The van der Waals surface area contributed by atoms with E-state index in [1.54, 1.807) is 0 Å². The third-order valence-electron chi connectivity index (χ3n) is 7.68. The summed E-state index contributed by atoms with van der Waals surface area (Å²) in [5, 5.41) is 3.73. The average Bonchev–Trinajstić information content (AvgIpc) is 2.91. The number of nitrogens with zero attached hydrogens (tertiary/aromatic N) is 1. The molecule has 0 saturated carbocycles. The second kappa shape index (κ2) is 11.1. The number of unbranched alkanes of at least 4 members (excludes halogenated alkanes) is 8. The van der Waals surface area contributed by atoms with Gasteiger partial charge in [-0.1, -0.05) is 88.6 Å². The Morgan fingerprint density at radius 1 is 0.824 bits per heavy atom. The lowest BCUT2D eigenvalue weighted by Gasteiger charge is -2.50. The molecule has 0 radical (unpaired) electrons. The fourth-order valence-electron chi connectivity index (χ4n) is 6.65. The van der Waals surface area contributed by atoms with Crippen molar-refractivity contribution in [1.29, 1.82) is 0 Å². The second-order valence-electron chi connectivity index (χ2n) is 12.5. The fraction of sp³-hybridized carbons (Fsp3) is 0.767. The predicted molar refractivity (Wildman–Crippen MR) is 142 cm³/mol. The zero-order chi connectivity index (χ0) is 24.9. The summed E-state index contributed by atoms with van der Waals surface area (Å²) < 4.78 is 6.95. The SMILES string of the molecule is CCCCCCCCCCCC1(C)OC2(CC(C)(C)NC(C)(C)C2)C(=O)N1Cc1ccccc1. The molecular weight excluding hydrogens is 420 g/mol. The van der Waals surface area contributed by atoms with Crippen LogP contribution in [0.25, 0.3) is 0 Å². The smallest absolute Gasteiger partial charge is 0.257 e. The summed E-state index contributed by atoms with van der Waals surface area (Å²) in [6, 6.07) is 10.4. The Labute approximate surface area is 209 Å². The molecule has 1 aromatic carbocycles. The first-order valence-electron chi connectivity index (χ1n) is 13.9. The first kappa shape index (κ1) is 27.2. The maximum Gasteiger partial charge on any atom is 0.257 e. The standard InChI is InChI=1S/C30H50N2O2/c1-7-8-9-10-11-12-13-14-18-21-29(6)32(22-25-19-16-15-17-20-25)26(33)30(34-29)23-27(2,3)31-28(4,5)24-30/h15-17,19-20,31H,7-14,18,21-24H2,1-6H3. The molecule has 0 aromatic heterocycles. The molecule has 4 heteroatoms. The summed E-state index contributed by atoms with van der Waals surface area (Å²) in [4.78, 5) is 16.2. The topological polar surface area (TPSA) is 41.6 Å². The van der Waals surface area contributed by atoms with Crippen LogP contribution in [0.15, 0.2) is 30.3 Å². The summed E-state index contributed by atoms with van der Waals surface area (Å²) >= 11 is 0. The highest BCUT2D eigenvalue weighted by Gasteiger charge is 2.63. The molecule has 34 heavy (non-hydrogen) atoms. The van der Waals surface area contributed by atoms with E-state index in [4.69, 9.17) is 4.74 Å². The van der Waals surface area contributed by atoms with E-state index in [9.17, 15) is 4.79 Å². The second-order valence-corrected chi connectivity index (χ2v) is 12.5. The molecule has 2 aliphatic heterocycles. The van der Waals surface area contributed by atoms with Gasteiger partial charge in [0.05, 0.1) is 0 Å². The molecule has 2 heterocycles. The van der Waals surface area contributed by atoms with Crippen molar-refractivity contribution in [2.24, 2.45) is 0 Å². The van der Waals surface area contributed by atoms with Gasteiger partial charge < -0.3 is 15.0 Å². The predicted octanol–water partition coefficient (Wildman–Crippen LogP) is 7.36. The van der Waals surface area contributed by atoms with Gasteiger partial charge in [0.2, 0.25) is 0 Å². The minimum atomic E-state index is -0.749. The van der Waals surface area contributed by atoms with E-state index in [0.29, 0.717) is 19.4 Å². The molecule has 1 unspecified atom stereocenters. The van der Waals surface area contributed by atoms with Crippen molar-refractivity contribution in [3.05, 3.63) is 35.9 Å². The van der Waals surface area contributed by atoms with Crippen molar-refractivity contribution in [1.82, 2.24) is 10.2 Å². The Morgan fingerprint density at radius 2 is 1.35 bits per heavy atom. The van der Waals surface area contributed by atoms with E-state index in [1.807, 2.05) is 6.07 Å². The maximum absolute atomic E-state index is 14.1. The van der Waals surface area contributed by atoms with Gasteiger partial charge in [0.15, 0.2) is 5.60 Å². The molecule has 2 aliphatic rings. The lowest BCUT2D eigenvalue weighted by molar-refractivity contribution is -0.166. The van der Waals surface area contributed by atoms with Crippen LogP contribution in [0.2, 0.25) is 0 Å². The Morgan fingerprint density at radius 3 is 1.91 bits per heavy atom. The number of hydrogen-bond donors (Lipinski definition) is 1. The van der Waals surface area contributed by atoms with Gasteiger partial charge >= 0.3 is 0 Å². The van der Waals surface area contributed by atoms with Crippen LogP contribution < -0.4 is 5.32 Å². The monoisotopic (exact) mass is 470 g/mol. The normalized spacial score (nSPS) is 25.2. The summed E-state index contributed by atoms with van der Waals surface area (Å²) in [5.41, 5.74) is -0.446. The molecular formula is C30H50N2O2. The fourth-order valence-corrected chi connectivity index (χ4v) is 6.65. The van der Waals surface area contributed by atoms with Crippen molar-refractivity contribution in [3.8, 4) is 0 Å². The number of piperidine rings is 1. The average molecular weight is 471 g/mol. The zero-order valence-electron chi connectivity index (χ0n) is 22.8. The van der Waals surface area contributed by atoms with Gasteiger partial charge in [-0.25, -0.2) is 0 Å².